The molecular formula is C11H10N2O6S. The van der Waals surface area contributed by atoms with Gasteiger partial charge in [-0.3, -0.25) is 9.59 Å². The number of rotatable bonds is 6. The monoisotopic (exact) mass is 298 g/mol. The number of aliphatic carboxylic acids is 2. The van der Waals surface area contributed by atoms with E-state index in [1.54, 1.807) is 10.8 Å². The van der Waals surface area contributed by atoms with Gasteiger partial charge in [-0.1, -0.05) is 0 Å². The van der Waals surface area contributed by atoms with E-state index in [0.717, 1.165) is 12.1 Å². The first-order valence-corrected chi connectivity index (χ1v) is 6.71. The Balaban J connectivity index is 3.00. The lowest BCUT2D eigenvalue weighted by atomic mass is 10.2. The maximum absolute atomic E-state index is 11.9. The van der Waals surface area contributed by atoms with E-state index >= 15 is 0 Å². The Hall–Kier alpha value is -2.44. The predicted octanol–water partition coefficient (Wildman–Crippen LogP) is -0.236. The van der Waals surface area contributed by atoms with E-state index in [1.165, 1.54) is 12.1 Å². The number of carbonyl (C=O) groups is 2. The van der Waals surface area contributed by atoms with Gasteiger partial charge in [0.15, 0.2) is 0 Å². The molecule has 0 saturated carbocycles. The van der Waals surface area contributed by atoms with Gasteiger partial charge in [-0.15, -0.1) is 0 Å². The molecule has 106 valence electrons. The molecule has 0 spiro atoms. The molecule has 0 aliphatic rings. The van der Waals surface area contributed by atoms with Crippen LogP contribution in [0.5, 0.6) is 0 Å². The molecule has 8 nitrogen and oxygen atoms in total. The van der Waals surface area contributed by atoms with Crippen LogP contribution in [-0.4, -0.2) is 36.6 Å². The molecule has 1 rings (SSSR count). The summed E-state index contributed by atoms with van der Waals surface area (Å²) in [6.07, 6.45) is -0.884. The summed E-state index contributed by atoms with van der Waals surface area (Å²) in [4.78, 5) is 21.0. The zero-order valence-corrected chi connectivity index (χ0v) is 10.8. The molecule has 9 heteroatoms. The zero-order chi connectivity index (χ0) is 15.3. The van der Waals surface area contributed by atoms with Gasteiger partial charge in [0.1, 0.15) is 6.04 Å². The first kappa shape index (κ1) is 15.6. The smallest absolute Gasteiger partial charge is 0.322 e. The minimum atomic E-state index is -4.18. The summed E-state index contributed by atoms with van der Waals surface area (Å²) in [5.41, 5.74) is 0.240. The van der Waals surface area contributed by atoms with Gasteiger partial charge >= 0.3 is 11.9 Å². The lowest BCUT2D eigenvalue weighted by Gasteiger charge is -2.12. The molecule has 0 unspecified atom stereocenters. The highest BCUT2D eigenvalue weighted by molar-refractivity contribution is 7.89. The molecule has 0 saturated heterocycles. The molecule has 0 aliphatic carbocycles. The van der Waals surface area contributed by atoms with Crippen LogP contribution in [-0.2, 0) is 19.6 Å². The number of carboxylic acid groups (broad SMARTS) is 2. The highest BCUT2D eigenvalue weighted by atomic mass is 32.2. The standard InChI is InChI=1S/C11H10N2O6S/c12-6-7-1-3-8(4-2-7)20(18,19)13-9(11(16)17)5-10(14)15/h1-4,9,13H,5H2,(H,14,15)(H,16,17)/t9-/m0/s1. The largest absolute Gasteiger partial charge is 0.481 e. The van der Waals surface area contributed by atoms with Gasteiger partial charge in [0.25, 0.3) is 0 Å². The number of hydrogen-bond donors (Lipinski definition) is 3. The molecule has 0 aliphatic heterocycles. The van der Waals surface area contributed by atoms with Crippen LogP contribution >= 0.6 is 0 Å². The van der Waals surface area contributed by atoms with Gasteiger partial charge in [-0.25, -0.2) is 8.42 Å². The van der Waals surface area contributed by atoms with Crippen molar-refractivity contribution in [3.8, 4) is 6.07 Å². The number of nitrogens with zero attached hydrogens (tertiary/aromatic N) is 1. The van der Waals surface area contributed by atoms with Crippen molar-refractivity contribution in [2.45, 2.75) is 17.4 Å². The first-order valence-electron chi connectivity index (χ1n) is 5.23. The second-order valence-corrected chi connectivity index (χ2v) is 5.46. The summed E-state index contributed by atoms with van der Waals surface area (Å²) in [5.74, 6) is -3.04. The Morgan fingerprint density at radius 2 is 1.80 bits per heavy atom. The Bertz CT molecular complexity index is 659. The zero-order valence-electron chi connectivity index (χ0n) is 9.98. The molecule has 0 heterocycles. The minimum Gasteiger partial charge on any atom is -0.481 e. The molecule has 0 bridgehead atoms. The van der Waals surface area contributed by atoms with Crippen LogP contribution in [0.2, 0.25) is 0 Å². The fourth-order valence-electron chi connectivity index (χ4n) is 1.32. The van der Waals surface area contributed by atoms with Crippen LogP contribution in [0.25, 0.3) is 0 Å². The van der Waals surface area contributed by atoms with E-state index in [0.29, 0.717) is 0 Å². The van der Waals surface area contributed by atoms with Gasteiger partial charge in [-0.2, -0.15) is 9.98 Å². The summed E-state index contributed by atoms with van der Waals surface area (Å²) in [7, 11) is -4.18. The van der Waals surface area contributed by atoms with E-state index in [-0.39, 0.29) is 10.5 Å². The third-order valence-corrected chi connectivity index (χ3v) is 3.76. The van der Waals surface area contributed by atoms with Gasteiger partial charge in [-0.05, 0) is 24.3 Å². The Morgan fingerprint density at radius 3 is 2.20 bits per heavy atom. The molecule has 1 aromatic carbocycles. The summed E-state index contributed by atoms with van der Waals surface area (Å²) in [5, 5.41) is 25.9. The number of nitriles is 1. The van der Waals surface area contributed by atoms with Crippen molar-refractivity contribution in [3.63, 3.8) is 0 Å². The highest BCUT2D eigenvalue weighted by Crippen LogP contribution is 2.11. The summed E-state index contributed by atoms with van der Waals surface area (Å²) < 4.78 is 25.5. The third-order valence-electron chi connectivity index (χ3n) is 2.27. The molecule has 20 heavy (non-hydrogen) atoms. The van der Waals surface area contributed by atoms with Gasteiger partial charge in [0, 0.05) is 0 Å². The van der Waals surface area contributed by atoms with Crippen molar-refractivity contribution < 1.29 is 28.2 Å². The van der Waals surface area contributed by atoms with Crippen LogP contribution in [0, 0.1) is 11.3 Å². The van der Waals surface area contributed by atoms with E-state index in [9.17, 15) is 18.0 Å². The number of carboxylic acids is 2. The number of sulfonamides is 1. The Morgan fingerprint density at radius 1 is 1.25 bits per heavy atom. The SMILES string of the molecule is N#Cc1ccc(S(=O)(=O)N[C@@H](CC(=O)O)C(=O)O)cc1. The topological polar surface area (TPSA) is 145 Å². The van der Waals surface area contributed by atoms with Gasteiger partial charge in [0.2, 0.25) is 10.0 Å². The number of benzene rings is 1. The average molecular weight is 298 g/mol. The number of nitrogens with one attached hydrogen (secondary N) is 1. The maximum Gasteiger partial charge on any atom is 0.322 e. The van der Waals surface area contributed by atoms with Gasteiger partial charge in [0.05, 0.1) is 22.9 Å². The molecular weight excluding hydrogens is 288 g/mol. The quantitative estimate of drug-likeness (QED) is 0.657. The Kier molecular flexibility index (Phi) is 4.79. The van der Waals surface area contributed by atoms with Crippen LogP contribution < -0.4 is 4.72 Å². The van der Waals surface area contributed by atoms with E-state index in [2.05, 4.69) is 0 Å². The summed E-state index contributed by atoms with van der Waals surface area (Å²) in [6.45, 7) is 0. The molecule has 0 fully saturated rings. The normalized spacial score (nSPS) is 12.3. The predicted molar refractivity (Wildman–Crippen MR) is 65.2 cm³/mol. The van der Waals surface area contributed by atoms with Crippen LogP contribution in [0.1, 0.15) is 12.0 Å². The van der Waals surface area contributed by atoms with Crippen molar-refractivity contribution in [2.75, 3.05) is 0 Å². The molecule has 1 aromatic rings. The highest BCUT2D eigenvalue weighted by Gasteiger charge is 2.27. The molecule has 0 radical (unpaired) electrons. The van der Waals surface area contributed by atoms with Crippen LogP contribution in [0.4, 0.5) is 0 Å². The molecule has 0 aromatic heterocycles. The third kappa shape index (κ3) is 4.04. The summed E-state index contributed by atoms with van der Waals surface area (Å²) in [6, 6.07) is 4.79. The van der Waals surface area contributed by atoms with E-state index in [1.807, 2.05) is 0 Å². The van der Waals surface area contributed by atoms with Crippen molar-refractivity contribution in [2.24, 2.45) is 0 Å². The Labute approximate surface area is 114 Å². The van der Waals surface area contributed by atoms with Crippen molar-refractivity contribution in [1.29, 1.82) is 5.26 Å². The average Bonchev–Trinajstić information content (AvgIpc) is 2.37. The minimum absolute atomic E-state index is 0.240. The van der Waals surface area contributed by atoms with Crippen molar-refractivity contribution >= 4 is 22.0 Å². The van der Waals surface area contributed by atoms with Gasteiger partial charge < -0.3 is 10.2 Å². The molecule has 0 amide bonds. The van der Waals surface area contributed by atoms with Crippen molar-refractivity contribution in [1.82, 2.24) is 4.72 Å². The fraction of sp³-hybridized carbons (Fsp3) is 0.182. The molecule has 3 N–H and O–H groups in total. The second-order valence-electron chi connectivity index (χ2n) is 3.75. The van der Waals surface area contributed by atoms with Crippen LogP contribution in [0.15, 0.2) is 29.2 Å². The lowest BCUT2D eigenvalue weighted by molar-refractivity contribution is -0.145. The fourth-order valence-corrected chi connectivity index (χ4v) is 2.51. The lowest BCUT2D eigenvalue weighted by Crippen LogP contribution is -2.42. The second kappa shape index (κ2) is 6.14. The maximum atomic E-state index is 11.9. The van der Waals surface area contributed by atoms with Crippen LogP contribution in [0.3, 0.4) is 0 Å². The van der Waals surface area contributed by atoms with E-state index in [4.69, 9.17) is 15.5 Å². The summed E-state index contributed by atoms with van der Waals surface area (Å²) >= 11 is 0. The van der Waals surface area contributed by atoms with Crippen molar-refractivity contribution in [3.05, 3.63) is 29.8 Å². The first-order chi connectivity index (χ1) is 9.26. The number of hydrogen-bond acceptors (Lipinski definition) is 5. The molecule has 1 atom stereocenters. The van der Waals surface area contributed by atoms with E-state index < -0.39 is 34.4 Å².